The maximum Gasteiger partial charge on any atom is 0.328 e. The van der Waals surface area contributed by atoms with Gasteiger partial charge in [-0.1, -0.05) is 12.1 Å². The Morgan fingerprint density at radius 2 is 2.05 bits per heavy atom. The number of sulfonamides is 1. The van der Waals surface area contributed by atoms with Gasteiger partial charge in [0.25, 0.3) is 0 Å². The van der Waals surface area contributed by atoms with Gasteiger partial charge >= 0.3 is 5.97 Å². The number of aliphatic carboxylic acids is 1. The Kier molecular flexibility index (Phi) is 4.98. The molecule has 0 saturated carbocycles. The third-order valence-corrected chi connectivity index (χ3v) is 5.07. The van der Waals surface area contributed by atoms with Gasteiger partial charge in [-0.05, 0) is 30.2 Å². The number of carboxylic acid groups (broad SMARTS) is 1. The van der Waals surface area contributed by atoms with Crippen LogP contribution in [0.4, 0.5) is 0 Å². The molecule has 1 heterocycles. The first-order valence-electron chi connectivity index (χ1n) is 6.59. The SMILES string of the molecule is O=C(O)C=Cc1ccc(OCCN2CCCS2(=O)=O)cc1. The summed E-state index contributed by atoms with van der Waals surface area (Å²) in [7, 11) is -3.08. The molecule has 0 aliphatic carbocycles. The molecule has 0 radical (unpaired) electrons. The van der Waals surface area contributed by atoms with Gasteiger partial charge in [-0.3, -0.25) is 0 Å². The molecule has 1 aliphatic rings. The first kappa shape index (κ1) is 15.5. The fraction of sp³-hybridized carbons (Fsp3) is 0.357. The van der Waals surface area contributed by atoms with E-state index in [0.717, 1.165) is 11.6 Å². The van der Waals surface area contributed by atoms with Gasteiger partial charge in [0.2, 0.25) is 10.0 Å². The Labute approximate surface area is 123 Å². The Balaban J connectivity index is 1.83. The maximum atomic E-state index is 11.6. The number of hydrogen-bond donors (Lipinski definition) is 1. The summed E-state index contributed by atoms with van der Waals surface area (Å²) in [6.07, 6.45) is 3.23. The van der Waals surface area contributed by atoms with Crippen molar-refractivity contribution in [2.24, 2.45) is 0 Å². The van der Waals surface area contributed by atoms with Crippen LogP contribution in [0.25, 0.3) is 6.08 Å². The smallest absolute Gasteiger partial charge is 0.328 e. The molecule has 2 rings (SSSR count). The topological polar surface area (TPSA) is 83.9 Å². The van der Waals surface area contributed by atoms with E-state index in [4.69, 9.17) is 9.84 Å². The zero-order chi connectivity index (χ0) is 15.3. The molecule has 0 unspecified atom stereocenters. The Bertz CT molecular complexity index is 621. The molecular formula is C14H17NO5S. The van der Waals surface area contributed by atoms with Crippen molar-refractivity contribution in [2.45, 2.75) is 6.42 Å². The van der Waals surface area contributed by atoms with Gasteiger partial charge in [0.05, 0.1) is 5.75 Å². The highest BCUT2D eigenvalue weighted by atomic mass is 32.2. The summed E-state index contributed by atoms with van der Waals surface area (Å²) in [5.74, 6) is -0.154. The van der Waals surface area contributed by atoms with Crippen LogP contribution in [0.2, 0.25) is 0 Å². The van der Waals surface area contributed by atoms with Crippen molar-refractivity contribution in [1.29, 1.82) is 0 Å². The lowest BCUT2D eigenvalue weighted by Gasteiger charge is -2.14. The molecule has 21 heavy (non-hydrogen) atoms. The van der Waals surface area contributed by atoms with Gasteiger partial charge in [-0.15, -0.1) is 0 Å². The summed E-state index contributed by atoms with van der Waals surface area (Å²) in [4.78, 5) is 10.4. The molecule has 1 N–H and O–H groups in total. The molecule has 0 aromatic heterocycles. The van der Waals surface area contributed by atoms with Crippen LogP contribution >= 0.6 is 0 Å². The van der Waals surface area contributed by atoms with E-state index in [-0.39, 0.29) is 5.75 Å². The van der Waals surface area contributed by atoms with Crippen molar-refractivity contribution in [3.8, 4) is 5.75 Å². The first-order chi connectivity index (χ1) is 9.97. The van der Waals surface area contributed by atoms with Crippen LogP contribution in [-0.2, 0) is 14.8 Å². The fourth-order valence-electron chi connectivity index (χ4n) is 2.05. The van der Waals surface area contributed by atoms with Crippen LogP contribution in [0.5, 0.6) is 5.75 Å². The summed E-state index contributed by atoms with van der Waals surface area (Å²) >= 11 is 0. The molecule has 6 nitrogen and oxygen atoms in total. The molecule has 0 bridgehead atoms. The maximum absolute atomic E-state index is 11.6. The van der Waals surface area contributed by atoms with Crippen LogP contribution in [0.3, 0.4) is 0 Å². The quantitative estimate of drug-likeness (QED) is 0.798. The lowest BCUT2D eigenvalue weighted by Crippen LogP contribution is -2.30. The van der Waals surface area contributed by atoms with Gasteiger partial charge in [-0.25, -0.2) is 13.2 Å². The molecule has 0 atom stereocenters. The number of carbonyl (C=O) groups is 1. The number of nitrogens with zero attached hydrogens (tertiary/aromatic N) is 1. The molecule has 0 amide bonds. The molecule has 1 aliphatic heterocycles. The normalized spacial score (nSPS) is 18.1. The zero-order valence-electron chi connectivity index (χ0n) is 11.4. The predicted octanol–water partition coefficient (Wildman–Crippen LogP) is 1.20. The summed E-state index contributed by atoms with van der Waals surface area (Å²) in [5, 5.41) is 8.53. The molecule has 1 fully saturated rings. The van der Waals surface area contributed by atoms with E-state index in [1.807, 2.05) is 0 Å². The average molecular weight is 311 g/mol. The van der Waals surface area contributed by atoms with Crippen molar-refractivity contribution in [3.63, 3.8) is 0 Å². The molecule has 114 valence electrons. The van der Waals surface area contributed by atoms with Crippen molar-refractivity contribution in [2.75, 3.05) is 25.4 Å². The van der Waals surface area contributed by atoms with Crippen LogP contribution in [0, 0.1) is 0 Å². The van der Waals surface area contributed by atoms with Crippen LogP contribution in [0.1, 0.15) is 12.0 Å². The lowest BCUT2D eigenvalue weighted by atomic mass is 10.2. The monoisotopic (exact) mass is 311 g/mol. The summed E-state index contributed by atoms with van der Waals surface area (Å²) < 4.78 is 30.1. The van der Waals surface area contributed by atoms with E-state index in [1.165, 1.54) is 10.4 Å². The number of benzene rings is 1. The van der Waals surface area contributed by atoms with Gasteiger partial charge in [0.1, 0.15) is 12.4 Å². The molecule has 7 heteroatoms. The van der Waals surface area contributed by atoms with E-state index in [2.05, 4.69) is 0 Å². The first-order valence-corrected chi connectivity index (χ1v) is 8.20. The Hall–Kier alpha value is -1.86. The number of rotatable bonds is 6. The fourth-order valence-corrected chi connectivity index (χ4v) is 3.56. The van der Waals surface area contributed by atoms with Gasteiger partial charge < -0.3 is 9.84 Å². The van der Waals surface area contributed by atoms with Crippen molar-refractivity contribution < 1.29 is 23.1 Å². The van der Waals surface area contributed by atoms with Gasteiger partial charge in [0, 0.05) is 19.2 Å². The highest BCUT2D eigenvalue weighted by molar-refractivity contribution is 7.89. The predicted molar refractivity (Wildman–Crippen MR) is 78.6 cm³/mol. The third kappa shape index (κ3) is 4.57. The van der Waals surface area contributed by atoms with Crippen molar-refractivity contribution in [1.82, 2.24) is 4.31 Å². The van der Waals surface area contributed by atoms with E-state index < -0.39 is 16.0 Å². The molecule has 1 saturated heterocycles. The third-order valence-electron chi connectivity index (χ3n) is 3.11. The standard InChI is InChI=1S/C14H17NO5S/c16-14(17)7-4-12-2-5-13(6-3-12)20-10-9-15-8-1-11-21(15,18)19/h2-7H,1,8-11H2,(H,16,17). The summed E-state index contributed by atoms with van der Waals surface area (Å²) in [6.45, 7) is 1.21. The average Bonchev–Trinajstić information content (AvgIpc) is 2.77. The molecule has 1 aromatic carbocycles. The number of carboxylic acids is 1. The molecule has 1 aromatic rings. The summed E-state index contributed by atoms with van der Waals surface area (Å²) in [5.41, 5.74) is 0.756. The Morgan fingerprint density at radius 1 is 1.33 bits per heavy atom. The van der Waals surface area contributed by atoms with Gasteiger partial charge in [0.15, 0.2) is 0 Å². The van der Waals surface area contributed by atoms with E-state index in [0.29, 0.717) is 31.9 Å². The molecule has 0 spiro atoms. The minimum absolute atomic E-state index is 0.220. The van der Waals surface area contributed by atoms with E-state index in [9.17, 15) is 13.2 Å². The van der Waals surface area contributed by atoms with E-state index in [1.54, 1.807) is 24.3 Å². The minimum Gasteiger partial charge on any atom is -0.492 e. The van der Waals surface area contributed by atoms with Crippen molar-refractivity contribution in [3.05, 3.63) is 35.9 Å². The van der Waals surface area contributed by atoms with Crippen LogP contribution < -0.4 is 4.74 Å². The second-order valence-corrected chi connectivity index (χ2v) is 6.75. The van der Waals surface area contributed by atoms with Crippen LogP contribution in [0.15, 0.2) is 30.3 Å². The number of hydrogen-bond acceptors (Lipinski definition) is 4. The van der Waals surface area contributed by atoms with Gasteiger partial charge in [-0.2, -0.15) is 4.31 Å². The summed E-state index contributed by atoms with van der Waals surface area (Å²) in [6, 6.07) is 6.92. The van der Waals surface area contributed by atoms with E-state index >= 15 is 0 Å². The highest BCUT2D eigenvalue weighted by Crippen LogP contribution is 2.15. The second-order valence-electron chi connectivity index (χ2n) is 4.66. The minimum atomic E-state index is -3.08. The Morgan fingerprint density at radius 3 is 2.62 bits per heavy atom. The lowest BCUT2D eigenvalue weighted by molar-refractivity contribution is -0.131. The zero-order valence-corrected chi connectivity index (χ0v) is 12.3. The largest absolute Gasteiger partial charge is 0.492 e. The highest BCUT2D eigenvalue weighted by Gasteiger charge is 2.27. The second kappa shape index (κ2) is 6.73. The van der Waals surface area contributed by atoms with Crippen molar-refractivity contribution >= 4 is 22.1 Å². The number of ether oxygens (including phenoxy) is 1. The molecular weight excluding hydrogens is 294 g/mol. The van der Waals surface area contributed by atoms with Crippen LogP contribution in [-0.4, -0.2) is 49.2 Å².